The highest BCUT2D eigenvalue weighted by Crippen LogP contribution is 2.17. The Kier molecular flexibility index (Phi) is 5.39. The van der Waals surface area contributed by atoms with Gasteiger partial charge in [-0.2, -0.15) is 4.37 Å². The van der Waals surface area contributed by atoms with Crippen molar-refractivity contribution in [1.82, 2.24) is 14.7 Å². The van der Waals surface area contributed by atoms with Crippen LogP contribution in [0.3, 0.4) is 0 Å². The summed E-state index contributed by atoms with van der Waals surface area (Å²) in [5.74, 6) is 0.952. The lowest BCUT2D eigenvalue weighted by Crippen LogP contribution is -2.34. The van der Waals surface area contributed by atoms with Crippen molar-refractivity contribution in [2.45, 2.75) is 13.0 Å². The molecule has 3 aromatic rings. The molecule has 1 N–H and O–H groups in total. The molecule has 0 spiro atoms. The number of nitrogens with zero attached hydrogens (tertiary/aromatic N) is 3. The fourth-order valence-electron chi connectivity index (χ4n) is 2.19. The van der Waals surface area contributed by atoms with Crippen molar-refractivity contribution < 1.29 is 13.6 Å². The number of anilines is 1. The number of hydrogen-bond donors (Lipinski definition) is 1. The van der Waals surface area contributed by atoms with Gasteiger partial charge in [-0.1, -0.05) is 12.1 Å². The average Bonchev–Trinajstić information content (AvgIpc) is 3.27. The summed E-state index contributed by atoms with van der Waals surface area (Å²) in [5, 5.41) is 3.44. The van der Waals surface area contributed by atoms with Crippen LogP contribution in [0.1, 0.15) is 17.1 Å². The molecule has 1 aromatic carbocycles. The number of furan rings is 1. The summed E-state index contributed by atoms with van der Waals surface area (Å²) in [6.45, 7) is 0.525. The standard InChI is InChI=1S/C17H17FN4O2S/c1-22(11-16(23)19-10-14-3-2-8-24-14)17-20-15(21-25-17)9-12-4-6-13(18)7-5-12/h2-8H,9-11H2,1H3,(H,19,23). The van der Waals surface area contributed by atoms with Crippen molar-refractivity contribution in [2.75, 3.05) is 18.5 Å². The third kappa shape index (κ3) is 4.87. The molecular formula is C17H17FN4O2S. The van der Waals surface area contributed by atoms with Crippen LogP contribution in [0.25, 0.3) is 0 Å². The van der Waals surface area contributed by atoms with Gasteiger partial charge >= 0.3 is 0 Å². The number of halogens is 1. The summed E-state index contributed by atoms with van der Waals surface area (Å²) in [7, 11) is 1.79. The second-order valence-electron chi connectivity index (χ2n) is 5.51. The molecule has 0 saturated heterocycles. The summed E-state index contributed by atoms with van der Waals surface area (Å²) in [6, 6.07) is 9.83. The van der Waals surface area contributed by atoms with Gasteiger partial charge in [0.15, 0.2) is 0 Å². The second-order valence-corrected chi connectivity index (χ2v) is 6.24. The molecule has 0 aliphatic rings. The van der Waals surface area contributed by atoms with Crippen molar-refractivity contribution in [3.05, 3.63) is 65.6 Å². The lowest BCUT2D eigenvalue weighted by molar-refractivity contribution is -0.120. The van der Waals surface area contributed by atoms with Gasteiger partial charge in [0, 0.05) is 25.0 Å². The maximum atomic E-state index is 12.9. The van der Waals surface area contributed by atoms with Gasteiger partial charge < -0.3 is 14.6 Å². The molecule has 0 fully saturated rings. The van der Waals surface area contributed by atoms with Gasteiger partial charge in [-0.3, -0.25) is 4.79 Å². The largest absolute Gasteiger partial charge is 0.467 e. The monoisotopic (exact) mass is 360 g/mol. The van der Waals surface area contributed by atoms with Crippen molar-refractivity contribution in [1.29, 1.82) is 0 Å². The summed E-state index contributed by atoms with van der Waals surface area (Å²) >= 11 is 1.23. The summed E-state index contributed by atoms with van der Waals surface area (Å²) in [4.78, 5) is 18.1. The number of likely N-dealkylation sites (N-methyl/N-ethyl adjacent to an activating group) is 1. The van der Waals surface area contributed by atoms with Gasteiger partial charge in [0.25, 0.3) is 0 Å². The maximum absolute atomic E-state index is 12.9. The average molecular weight is 360 g/mol. The number of aromatic nitrogens is 2. The van der Waals surface area contributed by atoms with Crippen molar-refractivity contribution in [3.8, 4) is 0 Å². The molecule has 0 aliphatic carbocycles. The van der Waals surface area contributed by atoms with E-state index in [1.165, 1.54) is 23.7 Å². The summed E-state index contributed by atoms with van der Waals surface area (Å²) in [5.41, 5.74) is 0.935. The Morgan fingerprint density at radius 1 is 1.32 bits per heavy atom. The Morgan fingerprint density at radius 2 is 2.12 bits per heavy atom. The van der Waals surface area contributed by atoms with Crippen LogP contribution in [0.2, 0.25) is 0 Å². The van der Waals surface area contributed by atoms with Crippen LogP contribution in [-0.4, -0.2) is 28.9 Å². The lowest BCUT2D eigenvalue weighted by Gasteiger charge is -2.14. The fraction of sp³-hybridized carbons (Fsp3) is 0.235. The normalized spacial score (nSPS) is 10.6. The minimum absolute atomic E-state index is 0.130. The third-order valence-electron chi connectivity index (χ3n) is 3.48. The zero-order valence-corrected chi connectivity index (χ0v) is 14.4. The number of rotatable bonds is 7. The fourth-order valence-corrected chi connectivity index (χ4v) is 2.84. The highest BCUT2D eigenvalue weighted by Gasteiger charge is 2.13. The van der Waals surface area contributed by atoms with Crippen LogP contribution in [0.5, 0.6) is 0 Å². The Labute approximate surface area is 148 Å². The van der Waals surface area contributed by atoms with Gasteiger partial charge in [0.05, 0.1) is 19.4 Å². The molecule has 2 aromatic heterocycles. The number of benzene rings is 1. The van der Waals surface area contributed by atoms with E-state index in [1.807, 2.05) is 0 Å². The van der Waals surface area contributed by atoms with E-state index in [0.717, 1.165) is 5.56 Å². The number of hydrogen-bond acceptors (Lipinski definition) is 6. The highest BCUT2D eigenvalue weighted by atomic mass is 32.1. The molecule has 8 heteroatoms. The molecule has 25 heavy (non-hydrogen) atoms. The van der Waals surface area contributed by atoms with E-state index in [9.17, 15) is 9.18 Å². The van der Waals surface area contributed by atoms with E-state index in [-0.39, 0.29) is 18.3 Å². The Balaban J connectivity index is 1.52. The molecule has 0 unspecified atom stereocenters. The highest BCUT2D eigenvalue weighted by molar-refractivity contribution is 7.09. The molecule has 0 atom stereocenters. The molecule has 0 bridgehead atoms. The van der Waals surface area contributed by atoms with E-state index in [4.69, 9.17) is 4.42 Å². The van der Waals surface area contributed by atoms with Crippen molar-refractivity contribution >= 4 is 22.6 Å². The topological polar surface area (TPSA) is 71.3 Å². The molecule has 3 rings (SSSR count). The molecule has 2 heterocycles. The van der Waals surface area contributed by atoms with E-state index in [2.05, 4.69) is 14.7 Å². The van der Waals surface area contributed by atoms with Crippen LogP contribution in [0, 0.1) is 5.82 Å². The Morgan fingerprint density at radius 3 is 2.84 bits per heavy atom. The van der Waals surface area contributed by atoms with Gasteiger partial charge in [-0.15, -0.1) is 0 Å². The van der Waals surface area contributed by atoms with E-state index >= 15 is 0 Å². The quantitative estimate of drug-likeness (QED) is 0.701. The Hall–Kier alpha value is -2.74. The zero-order chi connectivity index (χ0) is 17.6. The SMILES string of the molecule is CN(CC(=O)NCc1ccco1)c1nc(Cc2ccc(F)cc2)ns1. The maximum Gasteiger partial charge on any atom is 0.239 e. The first-order valence-electron chi connectivity index (χ1n) is 7.67. The molecule has 6 nitrogen and oxygen atoms in total. The molecule has 1 amide bonds. The smallest absolute Gasteiger partial charge is 0.239 e. The first-order chi connectivity index (χ1) is 12.1. The lowest BCUT2D eigenvalue weighted by atomic mass is 10.1. The van der Waals surface area contributed by atoms with Crippen LogP contribution < -0.4 is 10.2 Å². The number of amides is 1. The first-order valence-corrected chi connectivity index (χ1v) is 8.45. The number of carbonyl (C=O) groups excluding carboxylic acids is 1. The van der Waals surface area contributed by atoms with E-state index in [1.54, 1.807) is 42.5 Å². The molecule has 0 saturated carbocycles. The number of carbonyl (C=O) groups is 1. The molecular weight excluding hydrogens is 343 g/mol. The minimum atomic E-state index is -0.268. The van der Waals surface area contributed by atoms with E-state index in [0.29, 0.717) is 29.7 Å². The minimum Gasteiger partial charge on any atom is -0.467 e. The van der Waals surface area contributed by atoms with Gasteiger partial charge in [-0.05, 0) is 29.8 Å². The van der Waals surface area contributed by atoms with Crippen molar-refractivity contribution in [3.63, 3.8) is 0 Å². The van der Waals surface area contributed by atoms with Crippen LogP contribution in [-0.2, 0) is 17.8 Å². The van der Waals surface area contributed by atoms with Gasteiger partial charge in [0.2, 0.25) is 11.0 Å². The van der Waals surface area contributed by atoms with Crippen LogP contribution in [0.4, 0.5) is 9.52 Å². The first kappa shape index (κ1) is 17.1. The summed E-state index contributed by atoms with van der Waals surface area (Å²) in [6.07, 6.45) is 2.09. The van der Waals surface area contributed by atoms with Crippen molar-refractivity contribution in [2.24, 2.45) is 0 Å². The van der Waals surface area contributed by atoms with E-state index < -0.39 is 0 Å². The third-order valence-corrected chi connectivity index (χ3v) is 4.35. The molecule has 130 valence electrons. The van der Waals surface area contributed by atoms with Crippen LogP contribution >= 0.6 is 11.5 Å². The second kappa shape index (κ2) is 7.89. The zero-order valence-electron chi connectivity index (χ0n) is 13.6. The van der Waals surface area contributed by atoms with Gasteiger partial charge in [-0.25, -0.2) is 9.37 Å². The van der Waals surface area contributed by atoms with Crippen LogP contribution in [0.15, 0.2) is 47.1 Å². The Bertz CT molecular complexity index is 818. The summed E-state index contributed by atoms with van der Waals surface area (Å²) < 4.78 is 22.4. The van der Waals surface area contributed by atoms with Gasteiger partial charge in [0.1, 0.15) is 17.4 Å². The predicted molar refractivity (Wildman–Crippen MR) is 92.9 cm³/mol. The predicted octanol–water partition coefficient (Wildman–Crippen LogP) is 2.61. The number of nitrogens with one attached hydrogen (secondary N) is 1. The molecule has 0 aliphatic heterocycles. The molecule has 0 radical (unpaired) electrons.